The van der Waals surface area contributed by atoms with Gasteiger partial charge in [0.15, 0.2) is 0 Å². The van der Waals surface area contributed by atoms with Gasteiger partial charge in [-0.05, 0) is 17.9 Å². The maximum absolute atomic E-state index is 12.0. The molecule has 0 unspecified atom stereocenters. The van der Waals surface area contributed by atoms with Crippen LogP contribution in [-0.2, 0) is 19.7 Å². The van der Waals surface area contributed by atoms with Gasteiger partial charge in [0.1, 0.15) is 5.75 Å². The van der Waals surface area contributed by atoms with Crippen LogP contribution in [0.25, 0.3) is 0 Å². The fourth-order valence-electron chi connectivity index (χ4n) is 2.34. The molecule has 1 rings (SSSR count). The van der Waals surface area contributed by atoms with E-state index in [1.165, 1.54) is 0 Å². The van der Waals surface area contributed by atoms with Crippen LogP contribution in [0.2, 0.25) is 0 Å². The van der Waals surface area contributed by atoms with E-state index in [2.05, 4.69) is 27.7 Å². The lowest BCUT2D eigenvalue weighted by Crippen LogP contribution is -2.17. The maximum atomic E-state index is 12.0. The molecule has 0 N–H and O–H groups in total. The molecule has 0 aliphatic carbocycles. The van der Waals surface area contributed by atoms with Gasteiger partial charge in [0.25, 0.3) is 0 Å². The highest BCUT2D eigenvalue weighted by molar-refractivity contribution is 5.79. The number of hydrogen-bond acceptors (Lipinski definition) is 4. The second-order valence-corrected chi connectivity index (χ2v) is 7.00. The van der Waals surface area contributed by atoms with Crippen LogP contribution in [-0.4, -0.2) is 18.5 Å². The molecule has 4 heteroatoms. The fourth-order valence-corrected chi connectivity index (χ4v) is 2.34. The van der Waals surface area contributed by atoms with Gasteiger partial charge in [0, 0.05) is 5.56 Å². The van der Waals surface area contributed by atoms with Crippen molar-refractivity contribution in [1.29, 1.82) is 0 Å². The van der Waals surface area contributed by atoms with Crippen molar-refractivity contribution < 1.29 is 19.1 Å². The molecule has 1 aromatic carbocycles. The summed E-state index contributed by atoms with van der Waals surface area (Å²) in [6.45, 7) is 8.76. The first-order chi connectivity index (χ1) is 11.3. The molecule has 0 saturated heterocycles. The Kier molecular flexibility index (Phi) is 8.51. The van der Waals surface area contributed by atoms with Gasteiger partial charge in [0.2, 0.25) is 0 Å². The van der Waals surface area contributed by atoms with E-state index in [1.807, 2.05) is 18.2 Å². The molecule has 0 aliphatic rings. The van der Waals surface area contributed by atoms with Crippen LogP contribution in [0.3, 0.4) is 0 Å². The molecule has 134 valence electrons. The normalized spacial score (nSPS) is 11.2. The molecule has 0 aromatic heterocycles. The van der Waals surface area contributed by atoms with Gasteiger partial charge in [-0.15, -0.1) is 0 Å². The Balaban J connectivity index is 2.38. The van der Waals surface area contributed by atoms with Crippen LogP contribution in [0.4, 0.5) is 0 Å². The van der Waals surface area contributed by atoms with E-state index in [0.717, 1.165) is 31.2 Å². The second kappa shape index (κ2) is 10.1. The largest absolute Gasteiger partial charge is 0.466 e. The van der Waals surface area contributed by atoms with Crippen LogP contribution >= 0.6 is 0 Å². The average Bonchev–Trinajstić information content (AvgIpc) is 2.52. The minimum absolute atomic E-state index is 0.0340. The van der Waals surface area contributed by atoms with Gasteiger partial charge in [-0.1, -0.05) is 65.2 Å². The quantitative estimate of drug-likeness (QED) is 0.370. The zero-order chi connectivity index (χ0) is 18.0. The molecule has 0 aliphatic heterocycles. The molecule has 0 heterocycles. The van der Waals surface area contributed by atoms with E-state index < -0.39 is 5.97 Å². The lowest BCUT2D eigenvalue weighted by molar-refractivity contribution is -0.147. The van der Waals surface area contributed by atoms with E-state index >= 15 is 0 Å². The molecule has 1 aromatic rings. The summed E-state index contributed by atoms with van der Waals surface area (Å²) in [6.07, 6.45) is 4.34. The van der Waals surface area contributed by atoms with Crippen LogP contribution in [0.5, 0.6) is 5.75 Å². The number of carbonyl (C=O) groups is 2. The third-order valence-corrected chi connectivity index (χ3v) is 3.71. The highest BCUT2D eigenvalue weighted by Crippen LogP contribution is 2.31. The van der Waals surface area contributed by atoms with E-state index in [4.69, 9.17) is 9.47 Å². The minimum atomic E-state index is -0.408. The van der Waals surface area contributed by atoms with Crippen molar-refractivity contribution in [2.24, 2.45) is 0 Å². The summed E-state index contributed by atoms with van der Waals surface area (Å²) in [4.78, 5) is 23.6. The molecule has 0 radical (unpaired) electrons. The Bertz CT molecular complexity index is 529. The minimum Gasteiger partial charge on any atom is -0.466 e. The summed E-state index contributed by atoms with van der Waals surface area (Å²) in [7, 11) is 0. The Hall–Kier alpha value is -1.84. The van der Waals surface area contributed by atoms with Crippen molar-refractivity contribution >= 4 is 11.9 Å². The van der Waals surface area contributed by atoms with E-state index in [0.29, 0.717) is 12.4 Å². The van der Waals surface area contributed by atoms with Crippen molar-refractivity contribution in [2.45, 2.75) is 71.6 Å². The maximum Gasteiger partial charge on any atom is 0.311 e. The molecule has 0 fully saturated rings. The summed E-state index contributed by atoms with van der Waals surface area (Å²) in [5.41, 5.74) is 0.853. The van der Waals surface area contributed by atoms with Crippen molar-refractivity contribution in [3.8, 4) is 5.75 Å². The van der Waals surface area contributed by atoms with Crippen LogP contribution < -0.4 is 4.74 Å². The van der Waals surface area contributed by atoms with E-state index in [9.17, 15) is 9.59 Å². The van der Waals surface area contributed by atoms with Gasteiger partial charge in [-0.2, -0.15) is 0 Å². The Morgan fingerprint density at radius 1 is 0.958 bits per heavy atom. The van der Waals surface area contributed by atoms with Crippen LogP contribution in [0.15, 0.2) is 24.3 Å². The monoisotopic (exact) mass is 334 g/mol. The summed E-state index contributed by atoms with van der Waals surface area (Å²) in [5, 5.41) is 0. The first kappa shape index (κ1) is 20.2. The molecule has 4 nitrogen and oxygen atoms in total. The number of esters is 2. The number of ether oxygens (including phenoxy) is 2. The molecular formula is C20H30O4. The highest BCUT2D eigenvalue weighted by Gasteiger charge is 2.20. The van der Waals surface area contributed by atoms with Crippen molar-refractivity contribution in [1.82, 2.24) is 0 Å². The number of carbonyl (C=O) groups excluding carboxylic acids is 2. The Morgan fingerprint density at radius 2 is 1.62 bits per heavy atom. The topological polar surface area (TPSA) is 52.6 Å². The zero-order valence-electron chi connectivity index (χ0n) is 15.4. The molecule has 0 spiro atoms. The standard InChI is InChI=1S/C20H30O4/c1-5-6-7-10-15-23-18(21)13-14-19(22)24-17-12-9-8-11-16(17)20(2,3)4/h8-9,11-12H,5-7,10,13-15H2,1-4H3. The van der Waals surface area contributed by atoms with E-state index in [1.54, 1.807) is 6.07 Å². The zero-order valence-corrected chi connectivity index (χ0v) is 15.4. The predicted octanol–water partition coefficient (Wildman–Crippen LogP) is 4.79. The van der Waals surface area contributed by atoms with Crippen molar-refractivity contribution in [3.63, 3.8) is 0 Å². The molecular weight excluding hydrogens is 304 g/mol. The number of para-hydroxylation sites is 1. The molecule has 24 heavy (non-hydrogen) atoms. The SMILES string of the molecule is CCCCCCOC(=O)CCC(=O)Oc1ccccc1C(C)(C)C. The van der Waals surface area contributed by atoms with E-state index in [-0.39, 0.29) is 24.2 Å². The lowest BCUT2D eigenvalue weighted by atomic mass is 9.86. The van der Waals surface area contributed by atoms with Gasteiger partial charge < -0.3 is 9.47 Å². The first-order valence-corrected chi connectivity index (χ1v) is 8.80. The third kappa shape index (κ3) is 7.62. The number of hydrogen-bond donors (Lipinski definition) is 0. The number of unbranched alkanes of at least 4 members (excludes halogenated alkanes) is 3. The van der Waals surface area contributed by atoms with Gasteiger partial charge in [-0.25, -0.2) is 0 Å². The fraction of sp³-hybridized carbons (Fsp3) is 0.600. The average molecular weight is 334 g/mol. The lowest BCUT2D eigenvalue weighted by Gasteiger charge is -2.22. The third-order valence-electron chi connectivity index (χ3n) is 3.71. The molecule has 0 atom stereocenters. The van der Waals surface area contributed by atoms with Gasteiger partial charge in [-0.3, -0.25) is 9.59 Å². The van der Waals surface area contributed by atoms with Gasteiger partial charge in [0.05, 0.1) is 19.4 Å². The van der Waals surface area contributed by atoms with Crippen molar-refractivity contribution in [2.75, 3.05) is 6.61 Å². The Morgan fingerprint density at radius 3 is 2.29 bits per heavy atom. The summed E-state index contributed by atoms with van der Waals surface area (Å²) in [5.74, 6) is -0.190. The Labute approximate surface area is 145 Å². The highest BCUT2D eigenvalue weighted by atomic mass is 16.5. The summed E-state index contributed by atoms with van der Waals surface area (Å²) >= 11 is 0. The summed E-state index contributed by atoms with van der Waals surface area (Å²) in [6, 6.07) is 7.49. The number of benzene rings is 1. The predicted molar refractivity (Wildman–Crippen MR) is 95.1 cm³/mol. The second-order valence-electron chi connectivity index (χ2n) is 7.00. The van der Waals surface area contributed by atoms with Crippen LogP contribution in [0, 0.1) is 0 Å². The van der Waals surface area contributed by atoms with Gasteiger partial charge >= 0.3 is 11.9 Å². The molecule has 0 amide bonds. The first-order valence-electron chi connectivity index (χ1n) is 8.80. The number of rotatable bonds is 9. The van der Waals surface area contributed by atoms with Crippen molar-refractivity contribution in [3.05, 3.63) is 29.8 Å². The molecule has 0 saturated carbocycles. The smallest absolute Gasteiger partial charge is 0.311 e. The van der Waals surface area contributed by atoms with Crippen LogP contribution in [0.1, 0.15) is 71.8 Å². The molecule has 0 bridgehead atoms. The summed E-state index contributed by atoms with van der Waals surface area (Å²) < 4.78 is 10.6.